The molecule has 0 spiro atoms. The van der Waals surface area contributed by atoms with Gasteiger partial charge in [-0.2, -0.15) is 0 Å². The van der Waals surface area contributed by atoms with E-state index in [1.54, 1.807) is 0 Å². The molecule has 1 aromatic rings. The lowest BCUT2D eigenvalue weighted by Gasteiger charge is -2.19. The summed E-state index contributed by atoms with van der Waals surface area (Å²) >= 11 is 0. The number of esters is 1. The summed E-state index contributed by atoms with van der Waals surface area (Å²) in [6.07, 6.45) is 7.03. The molecule has 0 saturated heterocycles. The fourth-order valence-corrected chi connectivity index (χ4v) is 2.72. The first kappa shape index (κ1) is 14.1. The van der Waals surface area contributed by atoms with Gasteiger partial charge in [-0.25, -0.2) is 0 Å². The highest BCUT2D eigenvalue weighted by Gasteiger charge is 2.13. The number of fused-ring (bicyclic) bond motifs is 1. The second kappa shape index (κ2) is 6.71. The molecule has 0 aliphatic heterocycles. The number of hydrogen-bond acceptors (Lipinski definition) is 3. The van der Waals surface area contributed by atoms with E-state index < -0.39 is 0 Å². The number of carbonyl (C=O) groups excluding carboxylic acids is 1. The zero-order valence-electron chi connectivity index (χ0n) is 11.7. The fourth-order valence-electron chi connectivity index (χ4n) is 2.72. The Bertz CT molecular complexity index is 442. The highest BCUT2D eigenvalue weighted by atomic mass is 16.5. The van der Waals surface area contributed by atoms with Crippen molar-refractivity contribution in [2.24, 2.45) is 5.73 Å². The molecule has 0 aromatic heterocycles. The number of hydrogen-bond donors (Lipinski definition) is 1. The molecular formula is C16H23NO2. The van der Waals surface area contributed by atoms with E-state index in [0.29, 0.717) is 6.42 Å². The molecule has 2 N–H and O–H groups in total. The van der Waals surface area contributed by atoms with Gasteiger partial charge in [0.05, 0.1) is 7.11 Å². The van der Waals surface area contributed by atoms with Crippen LogP contribution in [0.5, 0.6) is 0 Å². The van der Waals surface area contributed by atoms with Crippen LogP contribution in [-0.2, 0) is 22.4 Å². The maximum Gasteiger partial charge on any atom is 0.305 e. The predicted octanol–water partition coefficient (Wildman–Crippen LogP) is 2.91. The van der Waals surface area contributed by atoms with Crippen LogP contribution in [0.25, 0.3) is 0 Å². The van der Waals surface area contributed by atoms with Crippen LogP contribution in [0.4, 0.5) is 0 Å². The Morgan fingerprint density at radius 1 is 1.32 bits per heavy atom. The van der Waals surface area contributed by atoms with Gasteiger partial charge in [0, 0.05) is 12.5 Å². The van der Waals surface area contributed by atoms with Crippen LogP contribution in [0.15, 0.2) is 18.2 Å². The van der Waals surface area contributed by atoms with Crippen LogP contribution < -0.4 is 5.73 Å². The van der Waals surface area contributed by atoms with E-state index in [-0.39, 0.29) is 12.0 Å². The van der Waals surface area contributed by atoms with Gasteiger partial charge >= 0.3 is 5.97 Å². The zero-order chi connectivity index (χ0) is 13.7. The average molecular weight is 261 g/mol. The van der Waals surface area contributed by atoms with Gasteiger partial charge in [-0.1, -0.05) is 18.2 Å². The molecule has 0 fully saturated rings. The third-order valence-corrected chi connectivity index (χ3v) is 3.92. The molecule has 3 heteroatoms. The Kier molecular flexibility index (Phi) is 4.97. The summed E-state index contributed by atoms with van der Waals surface area (Å²) in [5.41, 5.74) is 10.4. The van der Waals surface area contributed by atoms with E-state index in [1.807, 2.05) is 0 Å². The zero-order valence-corrected chi connectivity index (χ0v) is 11.7. The van der Waals surface area contributed by atoms with Gasteiger partial charge in [0.25, 0.3) is 0 Å². The minimum absolute atomic E-state index is 0.0249. The van der Waals surface area contributed by atoms with Crippen LogP contribution in [0.3, 0.4) is 0 Å². The van der Waals surface area contributed by atoms with Crippen molar-refractivity contribution in [2.75, 3.05) is 7.11 Å². The van der Waals surface area contributed by atoms with Crippen molar-refractivity contribution in [3.63, 3.8) is 0 Å². The second-order valence-corrected chi connectivity index (χ2v) is 5.31. The van der Waals surface area contributed by atoms with E-state index in [9.17, 15) is 4.79 Å². The molecule has 0 saturated carbocycles. The third-order valence-electron chi connectivity index (χ3n) is 3.92. The molecular weight excluding hydrogens is 238 g/mol. The Hall–Kier alpha value is -1.35. The molecule has 0 heterocycles. The summed E-state index contributed by atoms with van der Waals surface area (Å²) in [5.74, 6) is -0.155. The van der Waals surface area contributed by atoms with Crippen LogP contribution in [0, 0.1) is 0 Å². The molecule has 1 aliphatic carbocycles. The number of methoxy groups -OCH3 is 1. The van der Waals surface area contributed by atoms with Crippen LogP contribution in [0.2, 0.25) is 0 Å². The van der Waals surface area contributed by atoms with E-state index in [4.69, 9.17) is 5.73 Å². The van der Waals surface area contributed by atoms with Crippen molar-refractivity contribution >= 4 is 5.97 Å². The summed E-state index contributed by atoms with van der Waals surface area (Å²) in [6.45, 7) is 0. The first-order valence-corrected chi connectivity index (χ1v) is 7.15. The van der Waals surface area contributed by atoms with Gasteiger partial charge in [0.1, 0.15) is 0 Å². The van der Waals surface area contributed by atoms with Gasteiger partial charge in [-0.3, -0.25) is 4.79 Å². The van der Waals surface area contributed by atoms with Crippen LogP contribution in [-0.4, -0.2) is 13.1 Å². The maximum atomic E-state index is 11.1. The summed E-state index contributed by atoms with van der Waals surface area (Å²) in [7, 11) is 1.42. The Balaban J connectivity index is 1.91. The van der Waals surface area contributed by atoms with Crippen molar-refractivity contribution < 1.29 is 9.53 Å². The van der Waals surface area contributed by atoms with Crippen LogP contribution in [0.1, 0.15) is 54.8 Å². The number of nitrogens with two attached hydrogens (primary N) is 1. The number of carbonyl (C=O) groups is 1. The standard InChI is InChI=1S/C16H23NO2/c1-19-16(18)8-4-7-15(17)14-10-9-12-5-2-3-6-13(12)11-14/h9-11,15H,2-8,17H2,1H3. The van der Waals surface area contributed by atoms with Gasteiger partial charge in [-0.05, 0) is 55.2 Å². The molecule has 1 unspecified atom stereocenters. The summed E-state index contributed by atoms with van der Waals surface area (Å²) < 4.78 is 4.63. The SMILES string of the molecule is COC(=O)CCCC(N)c1ccc2c(c1)CCCC2. The van der Waals surface area contributed by atoms with Crippen molar-refractivity contribution in [3.8, 4) is 0 Å². The molecule has 1 atom stereocenters. The molecule has 2 rings (SSSR count). The number of benzene rings is 1. The Labute approximate surface area is 115 Å². The molecule has 0 amide bonds. The Morgan fingerprint density at radius 2 is 2.05 bits per heavy atom. The Morgan fingerprint density at radius 3 is 2.79 bits per heavy atom. The second-order valence-electron chi connectivity index (χ2n) is 5.31. The topological polar surface area (TPSA) is 52.3 Å². The smallest absolute Gasteiger partial charge is 0.305 e. The van der Waals surface area contributed by atoms with Crippen molar-refractivity contribution in [2.45, 2.75) is 51.0 Å². The molecule has 1 aromatic carbocycles. The average Bonchev–Trinajstić information content (AvgIpc) is 2.46. The number of rotatable bonds is 5. The number of ether oxygens (including phenoxy) is 1. The highest BCUT2D eigenvalue weighted by Crippen LogP contribution is 2.25. The first-order chi connectivity index (χ1) is 9.20. The summed E-state index contributed by atoms with van der Waals surface area (Å²) in [4.78, 5) is 11.1. The summed E-state index contributed by atoms with van der Waals surface area (Å²) in [5, 5.41) is 0. The van der Waals surface area contributed by atoms with Crippen molar-refractivity contribution in [1.29, 1.82) is 0 Å². The quantitative estimate of drug-likeness (QED) is 0.829. The summed E-state index contributed by atoms with van der Waals surface area (Å²) in [6, 6.07) is 6.66. The van der Waals surface area contributed by atoms with Gasteiger partial charge in [0.2, 0.25) is 0 Å². The lowest BCUT2D eigenvalue weighted by molar-refractivity contribution is -0.140. The predicted molar refractivity (Wildman–Crippen MR) is 75.9 cm³/mol. The maximum absolute atomic E-state index is 11.1. The first-order valence-electron chi connectivity index (χ1n) is 7.15. The van der Waals surface area contributed by atoms with Crippen molar-refractivity contribution in [3.05, 3.63) is 34.9 Å². The molecule has 1 aliphatic rings. The van der Waals surface area contributed by atoms with Crippen molar-refractivity contribution in [1.82, 2.24) is 0 Å². The minimum Gasteiger partial charge on any atom is -0.469 e. The van der Waals surface area contributed by atoms with E-state index in [2.05, 4.69) is 22.9 Å². The minimum atomic E-state index is -0.155. The van der Waals surface area contributed by atoms with E-state index in [0.717, 1.165) is 12.8 Å². The number of aryl methyl sites for hydroxylation is 2. The van der Waals surface area contributed by atoms with Gasteiger partial charge in [-0.15, -0.1) is 0 Å². The highest BCUT2D eigenvalue weighted by molar-refractivity contribution is 5.69. The van der Waals surface area contributed by atoms with E-state index in [1.165, 1.54) is 49.5 Å². The molecule has 3 nitrogen and oxygen atoms in total. The fraction of sp³-hybridized carbons (Fsp3) is 0.562. The van der Waals surface area contributed by atoms with Gasteiger partial charge in [0.15, 0.2) is 0 Å². The van der Waals surface area contributed by atoms with E-state index >= 15 is 0 Å². The third kappa shape index (κ3) is 3.80. The van der Waals surface area contributed by atoms with Crippen LogP contribution >= 0.6 is 0 Å². The molecule has 19 heavy (non-hydrogen) atoms. The lowest BCUT2D eigenvalue weighted by atomic mass is 9.88. The monoisotopic (exact) mass is 261 g/mol. The normalized spacial score (nSPS) is 15.7. The molecule has 104 valence electrons. The molecule has 0 bridgehead atoms. The van der Waals surface area contributed by atoms with Gasteiger partial charge < -0.3 is 10.5 Å². The largest absolute Gasteiger partial charge is 0.469 e. The molecule has 0 radical (unpaired) electrons. The lowest BCUT2D eigenvalue weighted by Crippen LogP contribution is -2.13.